The van der Waals surface area contributed by atoms with E-state index in [0.717, 1.165) is 18.2 Å². The summed E-state index contributed by atoms with van der Waals surface area (Å²) in [6.07, 6.45) is -1.72. The molecule has 2 aromatic carbocycles. The maximum atomic E-state index is 13.1. The van der Waals surface area contributed by atoms with Gasteiger partial charge in [-0.25, -0.2) is 0 Å². The summed E-state index contributed by atoms with van der Waals surface area (Å²) >= 11 is 3.27. The molecule has 2 aromatic rings. The first kappa shape index (κ1) is 23.7. The van der Waals surface area contributed by atoms with E-state index < -0.39 is 17.5 Å². The quantitative estimate of drug-likeness (QED) is 0.187. The maximum Gasteiger partial charge on any atom is 0.416 e. The number of ketones is 1. The van der Waals surface area contributed by atoms with Crippen LogP contribution < -0.4 is 4.74 Å². The van der Waals surface area contributed by atoms with Crippen molar-refractivity contribution < 1.29 is 32.2 Å². The zero-order valence-electron chi connectivity index (χ0n) is 16.2. The third-order valence-electron chi connectivity index (χ3n) is 3.98. The van der Waals surface area contributed by atoms with Gasteiger partial charge >= 0.3 is 12.1 Å². The summed E-state index contributed by atoms with van der Waals surface area (Å²) in [6.45, 7) is 2.20. The first-order valence-electron chi connectivity index (χ1n) is 9.19. The highest BCUT2D eigenvalue weighted by atomic mass is 79.9. The lowest BCUT2D eigenvalue weighted by atomic mass is 10.0. The van der Waals surface area contributed by atoms with Crippen LogP contribution in [-0.2, 0) is 15.7 Å². The molecule has 0 amide bonds. The fourth-order valence-electron chi connectivity index (χ4n) is 2.61. The Balaban J connectivity index is 2.13. The third-order valence-corrected chi connectivity index (χ3v) is 4.47. The molecule has 30 heavy (non-hydrogen) atoms. The maximum absolute atomic E-state index is 13.1. The van der Waals surface area contributed by atoms with Gasteiger partial charge < -0.3 is 9.47 Å². The lowest BCUT2D eigenvalue weighted by Gasteiger charge is -2.11. The van der Waals surface area contributed by atoms with Gasteiger partial charge in [0.1, 0.15) is 5.75 Å². The minimum atomic E-state index is -4.52. The molecule has 0 aliphatic carbocycles. The molecule has 2 rings (SSSR count). The Morgan fingerprint density at radius 2 is 1.87 bits per heavy atom. The van der Waals surface area contributed by atoms with Crippen molar-refractivity contribution in [3.63, 3.8) is 0 Å². The van der Waals surface area contributed by atoms with Crippen LogP contribution in [0.1, 0.15) is 41.3 Å². The Morgan fingerprint density at radius 1 is 1.13 bits per heavy atom. The standard InChI is InChI=1S/C22H20BrF3O4/c1-2-29-21(28)8-5-13-30-20-12-10-16(23)14-17(20)19(27)11-9-15-6-3-4-7-18(15)22(24,25)26/h3-4,6-7,9-12,14H,2,5,8,13H2,1H3/b11-9+. The molecule has 0 aliphatic rings. The number of hydrogen-bond donors (Lipinski definition) is 0. The zero-order valence-corrected chi connectivity index (χ0v) is 17.8. The topological polar surface area (TPSA) is 52.6 Å². The van der Waals surface area contributed by atoms with Gasteiger partial charge in [0.05, 0.1) is 24.3 Å². The van der Waals surface area contributed by atoms with Crippen LogP contribution in [0, 0.1) is 0 Å². The summed E-state index contributed by atoms with van der Waals surface area (Å²) in [6, 6.07) is 9.80. The lowest BCUT2D eigenvalue weighted by Crippen LogP contribution is -2.08. The Labute approximate surface area is 180 Å². The number of esters is 1. The van der Waals surface area contributed by atoms with Crippen LogP contribution in [0.2, 0.25) is 0 Å². The molecule has 8 heteroatoms. The van der Waals surface area contributed by atoms with Crippen LogP contribution in [-0.4, -0.2) is 25.0 Å². The van der Waals surface area contributed by atoms with E-state index in [2.05, 4.69) is 15.9 Å². The molecule has 0 atom stereocenters. The number of benzene rings is 2. The number of carbonyl (C=O) groups is 2. The Kier molecular flexibility index (Phi) is 8.65. The van der Waals surface area contributed by atoms with Crippen LogP contribution in [0.15, 0.2) is 53.0 Å². The highest BCUT2D eigenvalue weighted by molar-refractivity contribution is 9.10. The molecule has 0 unspecified atom stereocenters. The second kappa shape index (κ2) is 11.0. The van der Waals surface area contributed by atoms with Gasteiger partial charge in [0, 0.05) is 10.9 Å². The van der Waals surface area contributed by atoms with Crippen LogP contribution in [0.25, 0.3) is 6.08 Å². The lowest BCUT2D eigenvalue weighted by molar-refractivity contribution is -0.143. The molecule has 0 bridgehead atoms. The first-order chi connectivity index (χ1) is 14.2. The molecular weight excluding hydrogens is 465 g/mol. The van der Waals surface area contributed by atoms with Crippen molar-refractivity contribution in [1.29, 1.82) is 0 Å². The van der Waals surface area contributed by atoms with E-state index in [1.165, 1.54) is 24.3 Å². The van der Waals surface area contributed by atoms with Crippen LogP contribution in [0.5, 0.6) is 5.75 Å². The minimum absolute atomic E-state index is 0.106. The van der Waals surface area contributed by atoms with Gasteiger partial charge in [-0.05, 0) is 49.2 Å². The summed E-state index contributed by atoms with van der Waals surface area (Å²) in [5, 5.41) is 0. The molecule has 0 radical (unpaired) electrons. The van der Waals surface area contributed by atoms with Gasteiger partial charge in [-0.15, -0.1) is 0 Å². The van der Waals surface area contributed by atoms with Crippen LogP contribution in [0.3, 0.4) is 0 Å². The van der Waals surface area contributed by atoms with E-state index in [-0.39, 0.29) is 35.9 Å². The monoisotopic (exact) mass is 484 g/mol. The highest BCUT2D eigenvalue weighted by Crippen LogP contribution is 2.32. The number of halogens is 4. The zero-order chi connectivity index (χ0) is 22.1. The number of hydrogen-bond acceptors (Lipinski definition) is 4. The summed E-state index contributed by atoms with van der Waals surface area (Å²) in [5.74, 6) is -0.561. The SMILES string of the molecule is CCOC(=O)CCCOc1ccc(Br)cc1C(=O)/C=C/c1ccccc1C(F)(F)F. The van der Waals surface area contributed by atoms with Gasteiger partial charge in [0.15, 0.2) is 5.78 Å². The molecule has 0 aliphatic heterocycles. The van der Waals surface area contributed by atoms with Crippen LogP contribution in [0.4, 0.5) is 13.2 Å². The molecule has 0 fully saturated rings. The highest BCUT2D eigenvalue weighted by Gasteiger charge is 2.32. The fraction of sp³-hybridized carbons (Fsp3) is 0.273. The average molecular weight is 485 g/mol. The normalized spacial score (nSPS) is 11.5. The second-order valence-electron chi connectivity index (χ2n) is 6.18. The van der Waals surface area contributed by atoms with Crippen molar-refractivity contribution in [3.05, 3.63) is 69.7 Å². The molecule has 160 valence electrons. The molecule has 0 saturated carbocycles. The van der Waals surface area contributed by atoms with Crippen molar-refractivity contribution in [1.82, 2.24) is 0 Å². The van der Waals surface area contributed by atoms with E-state index in [1.807, 2.05) is 0 Å². The van der Waals surface area contributed by atoms with E-state index in [0.29, 0.717) is 17.5 Å². The van der Waals surface area contributed by atoms with Crippen molar-refractivity contribution in [2.75, 3.05) is 13.2 Å². The molecule has 0 saturated heterocycles. The largest absolute Gasteiger partial charge is 0.493 e. The minimum Gasteiger partial charge on any atom is -0.493 e. The molecule has 0 N–H and O–H groups in total. The van der Waals surface area contributed by atoms with E-state index in [4.69, 9.17) is 9.47 Å². The fourth-order valence-corrected chi connectivity index (χ4v) is 2.97. The number of rotatable bonds is 9. The summed E-state index contributed by atoms with van der Waals surface area (Å²) in [4.78, 5) is 24.0. The van der Waals surface area contributed by atoms with E-state index in [9.17, 15) is 22.8 Å². The van der Waals surface area contributed by atoms with Crippen LogP contribution >= 0.6 is 15.9 Å². The predicted molar refractivity (Wildman–Crippen MR) is 110 cm³/mol. The van der Waals surface area contributed by atoms with E-state index >= 15 is 0 Å². The van der Waals surface area contributed by atoms with E-state index in [1.54, 1.807) is 19.1 Å². The van der Waals surface area contributed by atoms with Gasteiger partial charge in [-0.1, -0.05) is 40.2 Å². The Bertz CT molecular complexity index is 923. The van der Waals surface area contributed by atoms with Gasteiger partial charge in [0.25, 0.3) is 0 Å². The Morgan fingerprint density at radius 3 is 2.57 bits per heavy atom. The molecule has 4 nitrogen and oxygen atoms in total. The molecule has 0 aromatic heterocycles. The number of allylic oxidation sites excluding steroid dienone is 1. The van der Waals surface area contributed by atoms with Crippen molar-refractivity contribution in [3.8, 4) is 5.75 Å². The number of alkyl halides is 3. The Hall–Kier alpha value is -2.61. The van der Waals surface area contributed by atoms with Gasteiger partial charge in [-0.2, -0.15) is 13.2 Å². The molecule has 0 spiro atoms. The third kappa shape index (κ3) is 7.02. The predicted octanol–water partition coefficient (Wildman–Crippen LogP) is 6.09. The summed E-state index contributed by atoms with van der Waals surface area (Å²) in [7, 11) is 0. The molecular formula is C22H20BrF3O4. The molecule has 0 heterocycles. The van der Waals surface area contributed by atoms with Crippen molar-refractivity contribution in [2.45, 2.75) is 25.9 Å². The summed E-state index contributed by atoms with van der Waals surface area (Å²) < 4.78 is 50.4. The average Bonchev–Trinajstić information content (AvgIpc) is 2.70. The smallest absolute Gasteiger partial charge is 0.416 e. The van der Waals surface area contributed by atoms with Gasteiger partial charge in [0.2, 0.25) is 0 Å². The van der Waals surface area contributed by atoms with Crippen molar-refractivity contribution >= 4 is 33.8 Å². The second-order valence-corrected chi connectivity index (χ2v) is 7.10. The number of carbonyl (C=O) groups excluding carboxylic acids is 2. The first-order valence-corrected chi connectivity index (χ1v) is 9.98. The summed E-state index contributed by atoms with van der Waals surface area (Å²) in [5.41, 5.74) is -0.731. The van der Waals surface area contributed by atoms with Crippen molar-refractivity contribution in [2.24, 2.45) is 0 Å². The number of ether oxygens (including phenoxy) is 2. The van der Waals surface area contributed by atoms with Gasteiger partial charge in [-0.3, -0.25) is 9.59 Å².